The lowest BCUT2D eigenvalue weighted by molar-refractivity contribution is 0.179. The summed E-state index contributed by atoms with van der Waals surface area (Å²) in [7, 11) is -4.52. The molecule has 7 heteroatoms. The van der Waals surface area contributed by atoms with E-state index < -0.39 is 15.1 Å². The Balaban J connectivity index is 4.53. The molecule has 8 heavy (non-hydrogen) atoms. The highest BCUT2D eigenvalue weighted by atomic mass is 32.2. The van der Waals surface area contributed by atoms with Gasteiger partial charge in [0.1, 0.15) is 0 Å². The van der Waals surface area contributed by atoms with E-state index in [9.17, 15) is 17.2 Å². The van der Waals surface area contributed by atoms with Crippen LogP contribution in [0, 0.1) is 0 Å². The molecule has 1 N–H and O–H groups in total. The molecule has 0 heterocycles. The molecule has 0 aromatic heterocycles. The van der Waals surface area contributed by atoms with Gasteiger partial charge in [0.15, 0.2) is 0 Å². The summed E-state index contributed by atoms with van der Waals surface area (Å²) in [5.74, 6) is 0. The molecule has 1 unspecified atom stereocenters. The number of halogens is 2. The largest absolute Gasteiger partial charge is 0.379 e. The first-order chi connectivity index (χ1) is 3.25. The van der Waals surface area contributed by atoms with E-state index in [4.69, 9.17) is 4.55 Å². The van der Waals surface area contributed by atoms with Crippen LogP contribution in [0.3, 0.4) is 0 Å². The van der Waals surface area contributed by atoms with Gasteiger partial charge in [-0.05, 0) is 9.24 Å². The maximum absolute atomic E-state index is 11.4. The zero-order chi connectivity index (χ0) is 7.00. The normalized spacial score (nSPS) is 14.0. The summed E-state index contributed by atoms with van der Waals surface area (Å²) < 4.78 is 49.1. The Morgan fingerprint density at radius 3 is 1.62 bits per heavy atom. The molecule has 0 amide bonds. The van der Waals surface area contributed by atoms with E-state index >= 15 is 0 Å². The van der Waals surface area contributed by atoms with Crippen molar-refractivity contribution in [2.45, 2.75) is 5.00 Å². The molecule has 1 atom stereocenters. The van der Waals surface area contributed by atoms with Crippen LogP contribution in [0.25, 0.3) is 0 Å². The van der Waals surface area contributed by atoms with Crippen molar-refractivity contribution in [3.8, 4) is 0 Å². The van der Waals surface area contributed by atoms with Gasteiger partial charge in [0.25, 0.3) is 0 Å². The molecule has 0 fully saturated rings. The second kappa shape index (κ2) is 1.86. The maximum atomic E-state index is 11.4. The molecule has 0 bridgehead atoms. The summed E-state index contributed by atoms with van der Waals surface area (Å²) in [5, 5.41) is 0. The molecular weight excluding hydrogens is 161 g/mol. The molecule has 50 valence electrons. The maximum Gasteiger partial charge on any atom is 0.379 e. The molecule has 0 rings (SSSR count). The quantitative estimate of drug-likeness (QED) is 0.448. The summed E-state index contributed by atoms with van der Waals surface area (Å²) in [5.41, 5.74) is 0. The van der Waals surface area contributed by atoms with Crippen LogP contribution in [0.2, 0.25) is 0 Å². The second-order valence-corrected chi connectivity index (χ2v) is 3.67. The average Bonchev–Trinajstić information content (AvgIpc) is 1.25. The summed E-state index contributed by atoms with van der Waals surface area (Å²) in [6, 6.07) is 0. The van der Waals surface area contributed by atoms with Crippen molar-refractivity contribution in [2.75, 3.05) is 0 Å². The number of hydrogen-bond donors (Lipinski definition) is 1. The van der Waals surface area contributed by atoms with Gasteiger partial charge in [-0.1, -0.05) is 0 Å². The summed E-state index contributed by atoms with van der Waals surface area (Å²) in [6.45, 7) is 0. The van der Waals surface area contributed by atoms with E-state index in [0.717, 1.165) is 0 Å². The molecular formula is CH3F2O3PS. The third-order valence-corrected chi connectivity index (χ3v) is 1.93. The van der Waals surface area contributed by atoms with Crippen LogP contribution in [0.1, 0.15) is 0 Å². The van der Waals surface area contributed by atoms with Gasteiger partial charge in [-0.2, -0.15) is 17.2 Å². The fourth-order valence-electron chi connectivity index (χ4n) is 0. The number of alkyl halides is 2. The third kappa shape index (κ3) is 1.98. The molecule has 0 saturated carbocycles. The lowest BCUT2D eigenvalue weighted by Gasteiger charge is -2.02. The van der Waals surface area contributed by atoms with Gasteiger partial charge in [0.2, 0.25) is 0 Å². The van der Waals surface area contributed by atoms with Gasteiger partial charge in [-0.25, -0.2) is 0 Å². The first-order valence-electron chi connectivity index (χ1n) is 1.39. The highest BCUT2D eigenvalue weighted by Gasteiger charge is 2.37. The zero-order valence-corrected chi connectivity index (χ0v) is 5.48. The van der Waals surface area contributed by atoms with E-state index in [-0.39, 0.29) is 0 Å². The summed E-state index contributed by atoms with van der Waals surface area (Å²) >= 11 is 0. The first kappa shape index (κ1) is 8.20. The van der Waals surface area contributed by atoms with Crippen molar-refractivity contribution in [3.63, 3.8) is 0 Å². The van der Waals surface area contributed by atoms with Gasteiger partial charge in [-0.3, -0.25) is 4.55 Å². The van der Waals surface area contributed by atoms with Crippen LogP contribution >= 0.6 is 9.24 Å². The van der Waals surface area contributed by atoms with E-state index in [1.807, 2.05) is 0 Å². The summed E-state index contributed by atoms with van der Waals surface area (Å²) in [4.78, 5) is -4.12. The monoisotopic (exact) mass is 164 g/mol. The standard InChI is InChI=1S/CH3F2O3PS/c2-1(3,7)8(4,5)6/h7H2,(H,4,5,6). The van der Waals surface area contributed by atoms with E-state index in [0.29, 0.717) is 9.24 Å². The molecule has 0 spiro atoms. The van der Waals surface area contributed by atoms with E-state index in [2.05, 4.69) is 0 Å². The van der Waals surface area contributed by atoms with Crippen LogP contribution in [-0.2, 0) is 10.1 Å². The van der Waals surface area contributed by atoms with Gasteiger partial charge in [-0.15, -0.1) is 0 Å². The van der Waals surface area contributed by atoms with Gasteiger partial charge >= 0.3 is 15.1 Å². The number of rotatable bonds is 1. The second-order valence-electron chi connectivity index (χ2n) is 1.04. The molecule has 3 nitrogen and oxygen atoms in total. The zero-order valence-electron chi connectivity index (χ0n) is 3.51. The smallest absolute Gasteiger partial charge is 0.281 e. The lowest BCUT2D eigenvalue weighted by Crippen LogP contribution is -2.19. The topological polar surface area (TPSA) is 54.4 Å². The molecule has 0 aliphatic rings. The fourth-order valence-corrected chi connectivity index (χ4v) is 0. The molecule has 0 aromatic rings. The molecule has 0 radical (unpaired) electrons. The van der Waals surface area contributed by atoms with Crippen LogP contribution in [0.15, 0.2) is 0 Å². The molecule has 0 aliphatic carbocycles. The average molecular weight is 164 g/mol. The molecule has 0 aliphatic heterocycles. The summed E-state index contributed by atoms with van der Waals surface area (Å²) in [6.07, 6.45) is 0. The first-order valence-corrected chi connectivity index (χ1v) is 3.40. The van der Waals surface area contributed by atoms with Gasteiger partial charge in [0.05, 0.1) is 0 Å². The van der Waals surface area contributed by atoms with Crippen LogP contribution < -0.4 is 0 Å². The lowest BCUT2D eigenvalue weighted by atomic mass is 11.6. The Bertz CT molecular complexity index is 166. The Hall–Kier alpha value is 0.200. The van der Waals surface area contributed by atoms with Crippen molar-refractivity contribution < 1.29 is 21.8 Å². The van der Waals surface area contributed by atoms with Gasteiger partial charge < -0.3 is 0 Å². The van der Waals surface area contributed by atoms with Crippen molar-refractivity contribution in [3.05, 3.63) is 0 Å². The highest BCUT2D eigenvalue weighted by molar-refractivity contribution is 7.91. The van der Waals surface area contributed by atoms with Crippen molar-refractivity contribution in [2.24, 2.45) is 0 Å². The Morgan fingerprint density at radius 1 is 1.50 bits per heavy atom. The van der Waals surface area contributed by atoms with Gasteiger partial charge in [0, 0.05) is 0 Å². The minimum Gasteiger partial charge on any atom is -0.281 e. The number of hydrogen-bond acceptors (Lipinski definition) is 2. The molecule has 0 aromatic carbocycles. The predicted molar refractivity (Wildman–Crippen MR) is 26.2 cm³/mol. The fraction of sp³-hybridized carbons (Fsp3) is 1.00. The SMILES string of the molecule is O=S(=O)(O)C(F)(F)P. The van der Waals surface area contributed by atoms with Crippen molar-refractivity contribution >= 4 is 19.4 Å². The van der Waals surface area contributed by atoms with E-state index in [1.165, 1.54) is 0 Å². The predicted octanol–water partition coefficient (Wildman–Crippen LogP) is 0.300. The van der Waals surface area contributed by atoms with Crippen LogP contribution in [0.4, 0.5) is 8.78 Å². The Kier molecular flexibility index (Phi) is 1.91. The van der Waals surface area contributed by atoms with Crippen LogP contribution in [-0.4, -0.2) is 18.0 Å². The third-order valence-electron chi connectivity index (χ3n) is 0.344. The minimum atomic E-state index is -5.21. The van der Waals surface area contributed by atoms with Crippen molar-refractivity contribution in [1.29, 1.82) is 0 Å². The minimum absolute atomic E-state index is 0.690. The molecule has 0 saturated heterocycles. The van der Waals surface area contributed by atoms with E-state index in [1.54, 1.807) is 0 Å². The Labute approximate surface area is 47.0 Å². The van der Waals surface area contributed by atoms with Crippen molar-refractivity contribution in [1.82, 2.24) is 0 Å². The Morgan fingerprint density at radius 2 is 1.62 bits per heavy atom. The van der Waals surface area contributed by atoms with Crippen LogP contribution in [0.5, 0.6) is 0 Å². The highest BCUT2D eigenvalue weighted by Crippen LogP contribution is 2.27.